The SMILES string of the molecule is CCC(C(=O)O)n1ncc(NC23CC4CC(CC2C4)C3)c(Br)c1=O.O=C(O)Cn1ncc(NC23CC4CC(CC2C4)C3)c(Br)c1=O. The molecule has 0 radical (unpaired) electrons. The van der Waals surface area contributed by atoms with Crippen LogP contribution in [0.25, 0.3) is 0 Å². The zero-order valence-electron chi connectivity index (χ0n) is 25.8. The summed E-state index contributed by atoms with van der Waals surface area (Å²) in [5, 5.41) is 33.4. The van der Waals surface area contributed by atoms with Crippen molar-refractivity contribution in [3.05, 3.63) is 42.0 Å². The number of anilines is 2. The van der Waals surface area contributed by atoms with Crippen molar-refractivity contribution < 1.29 is 19.8 Å². The molecule has 5 atom stereocenters. The van der Waals surface area contributed by atoms with Crippen LogP contribution in [0.3, 0.4) is 0 Å². The summed E-state index contributed by atoms with van der Waals surface area (Å²) in [5.74, 6) is 2.56. The first-order valence-corrected chi connectivity index (χ1v) is 18.0. The van der Waals surface area contributed by atoms with Crippen LogP contribution in [0.2, 0.25) is 0 Å². The van der Waals surface area contributed by atoms with Crippen LogP contribution in [-0.4, -0.2) is 52.8 Å². The molecule has 8 aliphatic rings. The lowest BCUT2D eigenvalue weighted by Crippen LogP contribution is -2.41. The third-order valence-electron chi connectivity index (χ3n) is 11.9. The van der Waals surface area contributed by atoms with E-state index >= 15 is 0 Å². The van der Waals surface area contributed by atoms with Crippen LogP contribution in [0.15, 0.2) is 30.9 Å². The van der Waals surface area contributed by atoms with Gasteiger partial charge in [0.1, 0.15) is 15.5 Å². The summed E-state index contributed by atoms with van der Waals surface area (Å²) >= 11 is 6.70. The van der Waals surface area contributed by atoms with Crippen LogP contribution in [0, 0.1) is 35.5 Å². The normalized spacial score (nSPS) is 34.8. The van der Waals surface area contributed by atoms with Crippen molar-refractivity contribution in [1.29, 1.82) is 0 Å². The van der Waals surface area contributed by atoms with Crippen molar-refractivity contribution in [3.63, 3.8) is 0 Å². The lowest BCUT2D eigenvalue weighted by molar-refractivity contribution is -0.141. The number of rotatable bonds is 9. The van der Waals surface area contributed by atoms with Crippen LogP contribution in [-0.2, 0) is 16.1 Å². The summed E-state index contributed by atoms with van der Waals surface area (Å²) < 4.78 is 2.79. The van der Waals surface area contributed by atoms with E-state index in [1.807, 2.05) is 0 Å². The molecule has 0 spiro atoms. The fourth-order valence-corrected chi connectivity index (χ4v) is 11.3. The van der Waals surface area contributed by atoms with Gasteiger partial charge in [0, 0.05) is 11.1 Å². The predicted molar refractivity (Wildman–Crippen MR) is 177 cm³/mol. The number of carboxylic acid groups (broad SMARTS) is 2. The van der Waals surface area contributed by atoms with Crippen molar-refractivity contribution >= 4 is 55.2 Å². The highest BCUT2D eigenvalue weighted by Crippen LogP contribution is 2.62. The molecule has 8 fully saturated rings. The number of carboxylic acids is 2. The second-order valence-corrected chi connectivity index (χ2v) is 16.3. The fraction of sp³-hybridized carbons (Fsp3) is 0.688. The monoisotopic (exact) mass is 762 g/mol. The highest BCUT2D eigenvalue weighted by molar-refractivity contribution is 9.11. The Hall–Kier alpha value is -2.74. The Morgan fingerprint density at radius 1 is 0.826 bits per heavy atom. The molecule has 8 saturated carbocycles. The van der Waals surface area contributed by atoms with E-state index in [0.717, 1.165) is 33.0 Å². The van der Waals surface area contributed by atoms with Gasteiger partial charge in [-0.1, -0.05) is 6.92 Å². The molecule has 8 aliphatic carbocycles. The molecule has 12 nitrogen and oxygen atoms in total. The minimum atomic E-state index is -1.08. The maximum absolute atomic E-state index is 12.6. The van der Waals surface area contributed by atoms with E-state index in [1.54, 1.807) is 19.3 Å². The molecule has 0 saturated heterocycles. The Morgan fingerprint density at radius 3 is 1.72 bits per heavy atom. The first-order valence-electron chi connectivity index (χ1n) is 16.4. The van der Waals surface area contributed by atoms with Crippen LogP contribution < -0.4 is 21.8 Å². The van der Waals surface area contributed by atoms with Crippen molar-refractivity contribution in [1.82, 2.24) is 19.6 Å². The first-order chi connectivity index (χ1) is 21.9. The van der Waals surface area contributed by atoms with Gasteiger partial charge in [0.25, 0.3) is 11.1 Å². The molecule has 4 N–H and O–H groups in total. The number of aliphatic carboxylic acids is 2. The molecule has 14 heteroatoms. The lowest BCUT2D eigenvalue weighted by Gasteiger charge is -2.35. The van der Waals surface area contributed by atoms with Gasteiger partial charge >= 0.3 is 11.9 Å². The topological polar surface area (TPSA) is 168 Å². The molecule has 5 unspecified atom stereocenters. The van der Waals surface area contributed by atoms with Crippen molar-refractivity contribution in [2.24, 2.45) is 35.5 Å². The van der Waals surface area contributed by atoms with E-state index in [2.05, 4.69) is 52.7 Å². The fourth-order valence-electron chi connectivity index (χ4n) is 10.5. The number of nitrogens with zero attached hydrogens (tertiary/aromatic N) is 4. The molecular formula is C32H40Br2N6O6. The number of hydrogen-bond acceptors (Lipinski definition) is 8. The summed E-state index contributed by atoms with van der Waals surface area (Å²) in [5.41, 5.74) is 0.825. The second-order valence-electron chi connectivity index (χ2n) is 14.8. The van der Waals surface area contributed by atoms with Crippen LogP contribution >= 0.6 is 31.9 Å². The van der Waals surface area contributed by atoms with E-state index in [0.29, 0.717) is 38.6 Å². The summed E-state index contributed by atoms with van der Waals surface area (Å²) in [6.45, 7) is 1.31. The smallest absolute Gasteiger partial charge is 0.328 e. The van der Waals surface area contributed by atoms with Crippen molar-refractivity contribution in [2.45, 2.75) is 101 Å². The minimum Gasteiger partial charge on any atom is -0.480 e. The van der Waals surface area contributed by atoms with Gasteiger partial charge in [0.15, 0.2) is 6.04 Å². The summed E-state index contributed by atoms with van der Waals surface area (Å²) in [4.78, 5) is 46.9. The molecule has 2 heterocycles. The first kappa shape index (κ1) is 31.8. The Bertz CT molecular complexity index is 1670. The van der Waals surface area contributed by atoms with E-state index < -0.39 is 30.1 Å². The van der Waals surface area contributed by atoms with Crippen LogP contribution in [0.4, 0.5) is 11.4 Å². The zero-order chi connectivity index (χ0) is 32.5. The lowest BCUT2D eigenvalue weighted by atomic mass is 9.80. The maximum atomic E-state index is 12.6. The predicted octanol–water partition coefficient (Wildman–Crippen LogP) is 5.11. The molecule has 10 rings (SSSR count). The average Bonchev–Trinajstić information content (AvgIpc) is 3.58. The molecule has 0 aliphatic heterocycles. The number of aromatic nitrogens is 4. The van der Waals surface area contributed by atoms with Gasteiger partial charge in [0.2, 0.25) is 0 Å². The number of carbonyl (C=O) groups is 2. The summed E-state index contributed by atoms with van der Waals surface area (Å²) in [6, 6.07) is -0.931. The minimum absolute atomic E-state index is 0.105. The molecule has 8 bridgehead atoms. The third kappa shape index (κ3) is 5.40. The van der Waals surface area contributed by atoms with Crippen molar-refractivity contribution in [3.8, 4) is 0 Å². The van der Waals surface area contributed by atoms with E-state index in [-0.39, 0.29) is 16.6 Å². The Balaban J connectivity index is 0.000000147. The van der Waals surface area contributed by atoms with Gasteiger partial charge in [-0.25, -0.2) is 14.2 Å². The Morgan fingerprint density at radius 2 is 1.28 bits per heavy atom. The highest BCUT2D eigenvalue weighted by Gasteiger charge is 2.59. The Kier molecular flexibility index (Phi) is 8.13. The van der Waals surface area contributed by atoms with E-state index in [9.17, 15) is 24.3 Å². The summed E-state index contributed by atoms with van der Waals surface area (Å²) in [7, 11) is 0. The molecular weight excluding hydrogens is 724 g/mol. The summed E-state index contributed by atoms with van der Waals surface area (Å²) in [6.07, 6.45) is 16.1. The molecule has 0 aromatic carbocycles. The van der Waals surface area contributed by atoms with Crippen molar-refractivity contribution in [2.75, 3.05) is 10.6 Å². The molecule has 2 aromatic rings. The highest BCUT2D eigenvalue weighted by atomic mass is 79.9. The van der Waals surface area contributed by atoms with Crippen LogP contribution in [0.1, 0.15) is 83.6 Å². The molecule has 0 amide bonds. The number of hydrogen-bond donors (Lipinski definition) is 4. The average molecular weight is 765 g/mol. The van der Waals surface area contributed by atoms with E-state index in [4.69, 9.17) is 5.11 Å². The van der Waals surface area contributed by atoms with Gasteiger partial charge in [-0.3, -0.25) is 14.4 Å². The number of nitrogens with one attached hydrogen (secondary N) is 2. The third-order valence-corrected chi connectivity index (χ3v) is 13.5. The van der Waals surface area contributed by atoms with Crippen LogP contribution in [0.5, 0.6) is 0 Å². The second kappa shape index (κ2) is 11.7. The van der Waals surface area contributed by atoms with E-state index in [1.165, 1.54) is 64.2 Å². The van der Waals surface area contributed by atoms with Gasteiger partial charge in [0.05, 0.1) is 23.8 Å². The standard InChI is InChI=1S/C17H22BrN3O3.C15H18BrN3O3/c1-2-13(16(23)24)21-15(22)14(18)12(8-19-21)20-17-6-9-3-10(7-17)5-11(17)4-9;16-13-11(6-17-19(14(13)22)7-12(20)21)18-15-4-8-1-9(5-15)3-10(15)2-8/h8-11,13,20H,2-7H2,1H3,(H,23,24);6,8-10,18H,1-5,7H2,(H,20,21). The molecule has 2 aromatic heterocycles. The Labute approximate surface area is 283 Å². The van der Waals surface area contributed by atoms with Gasteiger partial charge in [-0.05, 0) is 138 Å². The largest absolute Gasteiger partial charge is 0.480 e. The van der Waals surface area contributed by atoms with Gasteiger partial charge in [-0.15, -0.1) is 0 Å². The molecule has 46 heavy (non-hydrogen) atoms. The zero-order valence-corrected chi connectivity index (χ0v) is 28.9. The quantitative estimate of drug-likeness (QED) is 0.269. The maximum Gasteiger partial charge on any atom is 0.328 e. The van der Waals surface area contributed by atoms with Gasteiger partial charge in [-0.2, -0.15) is 10.2 Å². The van der Waals surface area contributed by atoms with Gasteiger partial charge < -0.3 is 20.8 Å². The molecule has 248 valence electrons. The number of halogens is 2.